The standard InChI is InChI=1S/C13H19ClN2/c1-10(4-7-16-12-2-3-12)8-11-5-6-15-9-13(11)14/h5-6,9-10,12,16H,2-4,7-8H2,1H3. The minimum atomic E-state index is 0.672. The van der Waals surface area contributed by atoms with Gasteiger partial charge in [0.1, 0.15) is 0 Å². The van der Waals surface area contributed by atoms with Crippen LogP contribution >= 0.6 is 11.6 Å². The first-order valence-electron chi connectivity index (χ1n) is 6.07. The van der Waals surface area contributed by atoms with Crippen molar-refractivity contribution in [3.05, 3.63) is 29.0 Å². The van der Waals surface area contributed by atoms with Crippen molar-refractivity contribution in [2.75, 3.05) is 6.54 Å². The Kier molecular flexibility index (Phi) is 4.19. The zero-order valence-electron chi connectivity index (χ0n) is 9.75. The second kappa shape index (κ2) is 5.65. The Morgan fingerprint density at radius 1 is 1.56 bits per heavy atom. The molecule has 1 aromatic heterocycles. The molecule has 1 saturated carbocycles. The van der Waals surface area contributed by atoms with E-state index in [1.165, 1.54) is 24.8 Å². The van der Waals surface area contributed by atoms with E-state index in [2.05, 4.69) is 17.2 Å². The van der Waals surface area contributed by atoms with E-state index >= 15 is 0 Å². The zero-order chi connectivity index (χ0) is 11.4. The molecular weight excluding hydrogens is 220 g/mol. The fraction of sp³-hybridized carbons (Fsp3) is 0.615. The number of nitrogens with zero attached hydrogens (tertiary/aromatic N) is 1. The molecule has 0 spiro atoms. The molecule has 1 unspecified atom stereocenters. The largest absolute Gasteiger partial charge is 0.314 e. The number of hydrogen-bond donors (Lipinski definition) is 1. The van der Waals surface area contributed by atoms with Gasteiger partial charge in [-0.25, -0.2) is 0 Å². The third-order valence-corrected chi connectivity index (χ3v) is 3.41. The summed E-state index contributed by atoms with van der Waals surface area (Å²) in [5.41, 5.74) is 1.22. The van der Waals surface area contributed by atoms with Gasteiger partial charge in [0.15, 0.2) is 0 Å². The average molecular weight is 239 g/mol. The summed E-state index contributed by atoms with van der Waals surface area (Å²) < 4.78 is 0. The predicted octanol–water partition coefficient (Wildman–Crippen LogP) is 3.06. The fourth-order valence-corrected chi connectivity index (χ4v) is 2.06. The van der Waals surface area contributed by atoms with Gasteiger partial charge in [-0.15, -0.1) is 0 Å². The third-order valence-electron chi connectivity index (χ3n) is 3.07. The van der Waals surface area contributed by atoms with Crippen LogP contribution in [-0.4, -0.2) is 17.6 Å². The molecule has 1 N–H and O–H groups in total. The molecule has 0 radical (unpaired) electrons. The molecule has 0 aliphatic heterocycles. The molecule has 3 heteroatoms. The number of pyridine rings is 1. The van der Waals surface area contributed by atoms with E-state index in [0.717, 1.165) is 24.0 Å². The Hall–Kier alpha value is -0.600. The molecule has 0 aromatic carbocycles. The summed E-state index contributed by atoms with van der Waals surface area (Å²) in [6.07, 6.45) is 8.54. The number of nitrogens with one attached hydrogen (secondary N) is 1. The van der Waals surface area contributed by atoms with E-state index in [-0.39, 0.29) is 0 Å². The van der Waals surface area contributed by atoms with Gasteiger partial charge in [-0.1, -0.05) is 18.5 Å². The van der Waals surface area contributed by atoms with Crippen molar-refractivity contribution in [3.63, 3.8) is 0 Å². The average Bonchev–Trinajstić information content (AvgIpc) is 3.05. The van der Waals surface area contributed by atoms with Crippen molar-refractivity contribution in [2.24, 2.45) is 5.92 Å². The van der Waals surface area contributed by atoms with Gasteiger partial charge < -0.3 is 5.32 Å². The summed E-state index contributed by atoms with van der Waals surface area (Å²) in [6.45, 7) is 3.42. The molecule has 0 saturated heterocycles. The zero-order valence-corrected chi connectivity index (χ0v) is 10.5. The predicted molar refractivity (Wildman–Crippen MR) is 67.8 cm³/mol. The summed E-state index contributed by atoms with van der Waals surface area (Å²) in [7, 11) is 0. The van der Waals surface area contributed by atoms with Gasteiger partial charge in [-0.2, -0.15) is 0 Å². The second-order valence-corrected chi connectivity index (χ2v) is 5.20. The Morgan fingerprint density at radius 3 is 3.06 bits per heavy atom. The molecule has 1 aromatic rings. The van der Waals surface area contributed by atoms with Crippen LogP contribution in [0.3, 0.4) is 0 Å². The van der Waals surface area contributed by atoms with Gasteiger partial charge in [0.05, 0.1) is 5.02 Å². The van der Waals surface area contributed by atoms with Crippen LogP contribution < -0.4 is 5.32 Å². The van der Waals surface area contributed by atoms with Crippen LogP contribution in [0.15, 0.2) is 18.5 Å². The third kappa shape index (κ3) is 3.76. The number of rotatable bonds is 6. The maximum Gasteiger partial charge on any atom is 0.0621 e. The fourth-order valence-electron chi connectivity index (χ4n) is 1.87. The molecule has 2 rings (SSSR count). The normalized spacial score (nSPS) is 17.4. The van der Waals surface area contributed by atoms with Crippen molar-refractivity contribution < 1.29 is 0 Å². The van der Waals surface area contributed by atoms with E-state index in [1.54, 1.807) is 6.20 Å². The minimum absolute atomic E-state index is 0.672. The summed E-state index contributed by atoms with van der Waals surface area (Å²) >= 11 is 6.08. The lowest BCUT2D eigenvalue weighted by atomic mass is 9.99. The van der Waals surface area contributed by atoms with Gasteiger partial charge in [-0.3, -0.25) is 4.98 Å². The van der Waals surface area contributed by atoms with Crippen LogP contribution in [-0.2, 0) is 6.42 Å². The van der Waals surface area contributed by atoms with Crippen LogP contribution in [0.2, 0.25) is 5.02 Å². The van der Waals surface area contributed by atoms with Gasteiger partial charge in [0, 0.05) is 18.4 Å². The van der Waals surface area contributed by atoms with Crippen LogP contribution in [0, 0.1) is 5.92 Å². The van der Waals surface area contributed by atoms with Gasteiger partial charge in [0.2, 0.25) is 0 Å². The van der Waals surface area contributed by atoms with Gasteiger partial charge in [0.25, 0.3) is 0 Å². The minimum Gasteiger partial charge on any atom is -0.314 e. The number of hydrogen-bond acceptors (Lipinski definition) is 2. The van der Waals surface area contributed by atoms with Crippen molar-refractivity contribution in [1.82, 2.24) is 10.3 Å². The lowest BCUT2D eigenvalue weighted by Gasteiger charge is -2.12. The smallest absolute Gasteiger partial charge is 0.0621 e. The second-order valence-electron chi connectivity index (χ2n) is 4.79. The topological polar surface area (TPSA) is 24.9 Å². The molecule has 1 heterocycles. The van der Waals surface area contributed by atoms with Crippen LogP contribution in [0.5, 0.6) is 0 Å². The Balaban J connectivity index is 1.73. The number of halogens is 1. The van der Waals surface area contributed by atoms with Crippen LogP contribution in [0.4, 0.5) is 0 Å². The molecule has 1 aliphatic rings. The summed E-state index contributed by atoms with van der Waals surface area (Å²) in [5.74, 6) is 0.672. The highest BCUT2D eigenvalue weighted by Gasteiger charge is 2.20. The van der Waals surface area contributed by atoms with Crippen molar-refractivity contribution in [1.29, 1.82) is 0 Å². The maximum absolute atomic E-state index is 6.08. The lowest BCUT2D eigenvalue weighted by molar-refractivity contribution is 0.497. The van der Waals surface area contributed by atoms with E-state index in [4.69, 9.17) is 11.6 Å². The van der Waals surface area contributed by atoms with Crippen LogP contribution in [0.25, 0.3) is 0 Å². The summed E-state index contributed by atoms with van der Waals surface area (Å²) in [6, 6.07) is 2.84. The van der Waals surface area contributed by atoms with Crippen molar-refractivity contribution >= 4 is 11.6 Å². The first-order chi connectivity index (χ1) is 7.75. The Morgan fingerprint density at radius 2 is 2.38 bits per heavy atom. The summed E-state index contributed by atoms with van der Waals surface area (Å²) in [4.78, 5) is 4.00. The maximum atomic E-state index is 6.08. The highest BCUT2D eigenvalue weighted by atomic mass is 35.5. The Bertz CT molecular complexity index is 336. The van der Waals surface area contributed by atoms with Crippen molar-refractivity contribution in [2.45, 2.75) is 38.6 Å². The van der Waals surface area contributed by atoms with Crippen LogP contribution in [0.1, 0.15) is 31.7 Å². The van der Waals surface area contributed by atoms with Crippen molar-refractivity contribution in [3.8, 4) is 0 Å². The lowest BCUT2D eigenvalue weighted by Crippen LogP contribution is -2.20. The van der Waals surface area contributed by atoms with Gasteiger partial charge in [-0.05, 0) is 49.8 Å². The van der Waals surface area contributed by atoms with E-state index in [0.29, 0.717) is 5.92 Å². The van der Waals surface area contributed by atoms with E-state index < -0.39 is 0 Å². The highest BCUT2D eigenvalue weighted by Crippen LogP contribution is 2.21. The molecule has 0 bridgehead atoms. The number of aromatic nitrogens is 1. The Labute approximate surface area is 102 Å². The first kappa shape index (κ1) is 11.9. The first-order valence-corrected chi connectivity index (χ1v) is 6.45. The molecule has 88 valence electrons. The molecule has 1 atom stereocenters. The quantitative estimate of drug-likeness (QED) is 0.824. The van der Waals surface area contributed by atoms with E-state index in [9.17, 15) is 0 Å². The highest BCUT2D eigenvalue weighted by molar-refractivity contribution is 6.31. The van der Waals surface area contributed by atoms with Gasteiger partial charge >= 0.3 is 0 Å². The molecular formula is C13H19ClN2. The molecule has 16 heavy (non-hydrogen) atoms. The molecule has 0 amide bonds. The monoisotopic (exact) mass is 238 g/mol. The summed E-state index contributed by atoms with van der Waals surface area (Å²) in [5, 5.41) is 4.34. The molecule has 1 aliphatic carbocycles. The molecule has 2 nitrogen and oxygen atoms in total. The molecule has 1 fully saturated rings. The SMILES string of the molecule is CC(CCNC1CC1)Cc1ccncc1Cl. The van der Waals surface area contributed by atoms with E-state index in [1.807, 2.05) is 12.3 Å².